The Morgan fingerprint density at radius 2 is 1.20 bits per heavy atom. The normalized spacial score (nSPS) is 12.0. The van der Waals surface area contributed by atoms with Crippen molar-refractivity contribution < 1.29 is 0 Å². The van der Waals surface area contributed by atoms with Gasteiger partial charge in [-0.1, -0.05) is 30.3 Å². The van der Waals surface area contributed by atoms with E-state index in [4.69, 9.17) is 0 Å². The third kappa shape index (κ3) is 1.30. The van der Waals surface area contributed by atoms with E-state index in [-0.39, 0.29) is 0 Å². The van der Waals surface area contributed by atoms with E-state index < -0.39 is 0 Å². The minimum Gasteiger partial charge on any atom is -0.144 e. The van der Waals surface area contributed by atoms with Gasteiger partial charge in [-0.2, -0.15) is 0 Å². The summed E-state index contributed by atoms with van der Waals surface area (Å²) in [5, 5.41) is 12.5. The fourth-order valence-corrected chi connectivity index (χ4v) is 4.83. The van der Waals surface area contributed by atoms with Crippen LogP contribution in [-0.4, -0.2) is 0 Å². The van der Waals surface area contributed by atoms with E-state index in [9.17, 15) is 0 Å². The summed E-state index contributed by atoms with van der Waals surface area (Å²) in [4.78, 5) is 0. The molecule has 0 aliphatic rings. The van der Waals surface area contributed by atoms with Crippen LogP contribution in [0.25, 0.3) is 41.7 Å². The van der Waals surface area contributed by atoms with Crippen LogP contribution in [0, 0.1) is 0 Å². The van der Waals surface area contributed by atoms with E-state index in [1.807, 2.05) is 22.7 Å². The molecular weight excluding hydrogens is 280 g/mol. The van der Waals surface area contributed by atoms with Crippen molar-refractivity contribution in [3.05, 3.63) is 59.3 Å². The Morgan fingerprint density at radius 1 is 0.500 bits per heavy atom. The van der Waals surface area contributed by atoms with Gasteiger partial charge in [0.15, 0.2) is 0 Å². The topological polar surface area (TPSA) is 0 Å². The summed E-state index contributed by atoms with van der Waals surface area (Å²) >= 11 is 3.65. The lowest BCUT2D eigenvalue weighted by Gasteiger charge is -2.06. The largest absolute Gasteiger partial charge is 0.144 e. The van der Waals surface area contributed by atoms with Crippen LogP contribution in [-0.2, 0) is 0 Å². The number of benzene rings is 3. The standard InChI is InChI=1S/C18H10S2/c1-2-14-12-5-6-17-15(8-10-19-17)13(12)3-4-16(14)18-11(1)7-9-20-18/h1-10H. The molecule has 0 amide bonds. The molecule has 2 heteroatoms. The summed E-state index contributed by atoms with van der Waals surface area (Å²) in [5.74, 6) is 0. The van der Waals surface area contributed by atoms with Crippen LogP contribution in [0.5, 0.6) is 0 Å². The Kier molecular flexibility index (Phi) is 2.07. The van der Waals surface area contributed by atoms with Crippen LogP contribution in [0.1, 0.15) is 0 Å². The molecule has 0 spiro atoms. The Labute approximate surface area is 123 Å². The smallest absolute Gasteiger partial charge is 0.0421 e. The van der Waals surface area contributed by atoms with Gasteiger partial charge in [-0.3, -0.25) is 0 Å². The van der Waals surface area contributed by atoms with Gasteiger partial charge < -0.3 is 0 Å². The SMILES string of the molecule is c1cc2c(ccc3c2ccc2c3ccc3ccsc32)s1. The van der Waals surface area contributed by atoms with Crippen LogP contribution < -0.4 is 0 Å². The molecule has 20 heavy (non-hydrogen) atoms. The molecule has 2 heterocycles. The average Bonchev–Trinajstić information content (AvgIpc) is 3.14. The van der Waals surface area contributed by atoms with Gasteiger partial charge in [0.25, 0.3) is 0 Å². The summed E-state index contributed by atoms with van der Waals surface area (Å²) in [6.07, 6.45) is 0. The Hall–Kier alpha value is -1.90. The van der Waals surface area contributed by atoms with Crippen LogP contribution in [0.2, 0.25) is 0 Å². The van der Waals surface area contributed by atoms with E-state index in [0.717, 1.165) is 0 Å². The molecule has 5 aromatic rings. The summed E-state index contributed by atoms with van der Waals surface area (Å²) in [7, 11) is 0. The molecule has 0 aliphatic heterocycles. The average molecular weight is 290 g/mol. The molecule has 0 nitrogen and oxygen atoms in total. The van der Waals surface area contributed by atoms with Gasteiger partial charge in [-0.15, -0.1) is 22.7 Å². The minimum atomic E-state index is 1.35. The zero-order valence-electron chi connectivity index (χ0n) is 10.6. The van der Waals surface area contributed by atoms with Crippen molar-refractivity contribution >= 4 is 64.4 Å². The highest BCUT2D eigenvalue weighted by atomic mass is 32.1. The first-order chi connectivity index (χ1) is 9.92. The fourth-order valence-electron chi connectivity index (χ4n) is 3.10. The van der Waals surface area contributed by atoms with Gasteiger partial charge in [0.2, 0.25) is 0 Å². The fraction of sp³-hybridized carbons (Fsp3) is 0. The van der Waals surface area contributed by atoms with E-state index in [1.165, 1.54) is 41.7 Å². The van der Waals surface area contributed by atoms with Crippen molar-refractivity contribution in [2.24, 2.45) is 0 Å². The molecule has 0 fully saturated rings. The molecule has 5 rings (SSSR count). The van der Waals surface area contributed by atoms with Crippen LogP contribution in [0.4, 0.5) is 0 Å². The van der Waals surface area contributed by atoms with Crippen molar-refractivity contribution in [1.29, 1.82) is 0 Å². The van der Waals surface area contributed by atoms with Gasteiger partial charge in [0.05, 0.1) is 0 Å². The zero-order chi connectivity index (χ0) is 13.1. The molecule has 94 valence electrons. The predicted octanol–water partition coefficient (Wildman–Crippen LogP) is 6.42. The number of thiophene rings is 2. The van der Waals surface area contributed by atoms with Crippen LogP contribution in [0.3, 0.4) is 0 Å². The maximum absolute atomic E-state index is 2.29. The molecule has 0 atom stereocenters. The van der Waals surface area contributed by atoms with Gasteiger partial charge in [0, 0.05) is 20.2 Å². The van der Waals surface area contributed by atoms with Gasteiger partial charge in [-0.05, 0) is 50.5 Å². The third-order valence-electron chi connectivity index (χ3n) is 4.04. The predicted molar refractivity (Wildman–Crippen MR) is 92.2 cm³/mol. The van der Waals surface area contributed by atoms with E-state index in [1.54, 1.807) is 0 Å². The van der Waals surface area contributed by atoms with E-state index in [2.05, 4.69) is 59.3 Å². The second-order valence-corrected chi connectivity index (χ2v) is 6.92. The molecule has 2 aromatic heterocycles. The number of hydrogen-bond acceptors (Lipinski definition) is 2. The lowest BCUT2D eigenvalue weighted by Crippen LogP contribution is -1.78. The molecule has 0 radical (unpaired) electrons. The number of hydrogen-bond donors (Lipinski definition) is 0. The van der Waals surface area contributed by atoms with Crippen molar-refractivity contribution in [1.82, 2.24) is 0 Å². The van der Waals surface area contributed by atoms with Crippen molar-refractivity contribution in [2.75, 3.05) is 0 Å². The number of fused-ring (bicyclic) bond motifs is 7. The second-order valence-electron chi connectivity index (χ2n) is 5.06. The summed E-state index contributed by atoms with van der Waals surface area (Å²) in [6.45, 7) is 0. The van der Waals surface area contributed by atoms with Crippen LogP contribution >= 0.6 is 22.7 Å². The minimum absolute atomic E-state index is 1.35. The molecule has 0 unspecified atom stereocenters. The molecule has 0 bridgehead atoms. The molecule has 3 aromatic carbocycles. The molecular formula is C18H10S2. The number of rotatable bonds is 0. The summed E-state index contributed by atoms with van der Waals surface area (Å²) < 4.78 is 2.77. The Morgan fingerprint density at radius 3 is 2.20 bits per heavy atom. The third-order valence-corrected chi connectivity index (χ3v) is 5.89. The monoisotopic (exact) mass is 290 g/mol. The first kappa shape index (κ1) is 10.8. The van der Waals surface area contributed by atoms with E-state index in [0.29, 0.717) is 0 Å². The molecule has 0 saturated heterocycles. The molecule has 0 N–H and O–H groups in total. The maximum Gasteiger partial charge on any atom is 0.0421 e. The van der Waals surface area contributed by atoms with Crippen molar-refractivity contribution in [2.45, 2.75) is 0 Å². The first-order valence-electron chi connectivity index (χ1n) is 6.61. The van der Waals surface area contributed by atoms with Crippen LogP contribution in [0.15, 0.2) is 59.3 Å². The molecule has 0 aliphatic carbocycles. The first-order valence-corrected chi connectivity index (χ1v) is 8.37. The van der Waals surface area contributed by atoms with E-state index >= 15 is 0 Å². The second kappa shape index (κ2) is 3.81. The molecule has 0 saturated carbocycles. The van der Waals surface area contributed by atoms with Gasteiger partial charge in [-0.25, -0.2) is 0 Å². The quantitative estimate of drug-likeness (QED) is 0.289. The van der Waals surface area contributed by atoms with Gasteiger partial charge >= 0.3 is 0 Å². The zero-order valence-corrected chi connectivity index (χ0v) is 12.2. The summed E-state index contributed by atoms with van der Waals surface area (Å²) in [5.41, 5.74) is 0. The van der Waals surface area contributed by atoms with Gasteiger partial charge in [0.1, 0.15) is 0 Å². The highest BCUT2D eigenvalue weighted by Gasteiger charge is 2.08. The highest BCUT2D eigenvalue weighted by molar-refractivity contribution is 7.18. The lowest BCUT2D eigenvalue weighted by molar-refractivity contribution is 1.89. The van der Waals surface area contributed by atoms with Crippen molar-refractivity contribution in [3.8, 4) is 0 Å². The Balaban J connectivity index is 2.09. The summed E-state index contributed by atoms with van der Waals surface area (Å²) in [6, 6.07) is 18.0. The maximum atomic E-state index is 2.29. The Bertz CT molecular complexity index is 1010. The lowest BCUT2D eigenvalue weighted by atomic mass is 9.99. The highest BCUT2D eigenvalue weighted by Crippen LogP contribution is 2.37. The van der Waals surface area contributed by atoms with Crippen molar-refractivity contribution in [3.63, 3.8) is 0 Å².